The fourth-order valence-electron chi connectivity index (χ4n) is 2.43. The second kappa shape index (κ2) is 4.02. The number of hydrogen-bond acceptors (Lipinski definition) is 4. The van der Waals surface area contributed by atoms with Gasteiger partial charge in [-0.2, -0.15) is 16.8 Å². The molecule has 0 saturated carbocycles. The Hall–Kier alpha value is -0.960. The van der Waals surface area contributed by atoms with Crippen molar-refractivity contribution in [3.8, 4) is 0 Å². The highest BCUT2D eigenvalue weighted by molar-refractivity contribution is 8.04. The molecule has 0 fully saturated rings. The lowest BCUT2D eigenvalue weighted by Gasteiger charge is -2.33. The van der Waals surface area contributed by atoms with Crippen LogP contribution in [0.15, 0.2) is 24.3 Å². The zero-order valence-corrected chi connectivity index (χ0v) is 10.9. The normalized spacial score (nSPS) is 19.2. The molecule has 1 aliphatic rings. The fraction of sp³-hybridized carbons (Fsp3) is 0.400. The summed E-state index contributed by atoms with van der Waals surface area (Å²) in [6.45, 7) is 0. The zero-order valence-electron chi connectivity index (χ0n) is 9.27. The van der Waals surface area contributed by atoms with Gasteiger partial charge in [0.15, 0.2) is 0 Å². The van der Waals surface area contributed by atoms with Crippen LogP contribution in [0.5, 0.6) is 0 Å². The molecular weight excluding hydrogens is 280 g/mol. The molecule has 2 N–H and O–H groups in total. The molecule has 0 amide bonds. The van der Waals surface area contributed by atoms with E-state index in [1.54, 1.807) is 12.1 Å². The van der Waals surface area contributed by atoms with Gasteiger partial charge in [0.2, 0.25) is 4.08 Å². The quantitative estimate of drug-likeness (QED) is 0.786. The smallest absolute Gasteiger partial charge is 0.284 e. The maximum absolute atomic E-state index is 11.5. The van der Waals surface area contributed by atoms with Crippen molar-refractivity contribution in [2.45, 2.75) is 23.3 Å². The van der Waals surface area contributed by atoms with E-state index in [1.165, 1.54) is 12.1 Å². The third-order valence-electron chi connectivity index (χ3n) is 3.21. The summed E-state index contributed by atoms with van der Waals surface area (Å²) in [7, 11) is -9.99. The number of fused-ring (bicyclic) bond motifs is 1. The Bertz CT molecular complexity index is 642. The number of hydrogen-bond donors (Lipinski definition) is 2. The first-order chi connectivity index (χ1) is 8.20. The predicted molar refractivity (Wildman–Crippen MR) is 64.2 cm³/mol. The lowest BCUT2D eigenvalue weighted by molar-refractivity contribution is 0.405. The van der Waals surface area contributed by atoms with Crippen molar-refractivity contribution >= 4 is 20.2 Å². The molecule has 0 radical (unpaired) electrons. The van der Waals surface area contributed by atoms with Crippen molar-refractivity contribution in [1.29, 1.82) is 0 Å². The maximum Gasteiger partial charge on any atom is 0.292 e. The zero-order chi connectivity index (χ0) is 13.6. The van der Waals surface area contributed by atoms with Crippen LogP contribution in [0.3, 0.4) is 0 Å². The Labute approximate surface area is 105 Å². The van der Waals surface area contributed by atoms with E-state index in [9.17, 15) is 25.9 Å². The average Bonchev–Trinajstić information content (AvgIpc) is 2.25. The Kier molecular flexibility index (Phi) is 3.01. The highest BCUT2D eigenvalue weighted by atomic mass is 32.3. The summed E-state index contributed by atoms with van der Waals surface area (Å²) < 4.78 is 62.1. The summed E-state index contributed by atoms with van der Waals surface area (Å²) in [5.74, 6) is 0. The maximum atomic E-state index is 11.5. The van der Waals surface area contributed by atoms with Gasteiger partial charge in [-0.05, 0) is 30.4 Å². The largest absolute Gasteiger partial charge is 0.292 e. The van der Waals surface area contributed by atoms with Crippen LogP contribution in [0.4, 0.5) is 0 Å². The van der Waals surface area contributed by atoms with Gasteiger partial charge >= 0.3 is 0 Å². The van der Waals surface area contributed by atoms with Gasteiger partial charge in [0.25, 0.3) is 20.2 Å². The standard InChI is InChI=1S/C10H12O6S2/c11-17(12,13)10(18(14,15)16)7-3-5-8-4-1-2-6-9(8)10/h1-2,4,6H,3,5,7H2,(H,11,12,13)(H,14,15,16). The van der Waals surface area contributed by atoms with Gasteiger partial charge in [-0.15, -0.1) is 0 Å². The van der Waals surface area contributed by atoms with Gasteiger partial charge in [0.1, 0.15) is 0 Å². The number of aryl methyl sites for hydroxylation is 1. The molecule has 100 valence electrons. The van der Waals surface area contributed by atoms with Crippen LogP contribution in [0.2, 0.25) is 0 Å². The van der Waals surface area contributed by atoms with E-state index in [0.29, 0.717) is 12.0 Å². The number of benzene rings is 1. The summed E-state index contributed by atoms with van der Waals surface area (Å²) in [5, 5.41) is 0. The van der Waals surface area contributed by atoms with Crippen molar-refractivity contribution < 1.29 is 25.9 Å². The van der Waals surface area contributed by atoms with Gasteiger partial charge < -0.3 is 0 Å². The lowest BCUT2D eigenvalue weighted by Crippen LogP contribution is -2.45. The van der Waals surface area contributed by atoms with Crippen molar-refractivity contribution in [2.24, 2.45) is 0 Å². The third-order valence-corrected chi connectivity index (χ3v) is 6.99. The second-order valence-corrected chi connectivity index (χ2v) is 7.77. The first-order valence-electron chi connectivity index (χ1n) is 5.22. The number of rotatable bonds is 2. The van der Waals surface area contributed by atoms with E-state index in [2.05, 4.69) is 0 Å². The molecule has 6 nitrogen and oxygen atoms in total. The molecule has 0 heterocycles. The van der Waals surface area contributed by atoms with Crippen LogP contribution in [-0.2, 0) is 30.7 Å². The summed E-state index contributed by atoms with van der Waals surface area (Å²) in [6.07, 6.45) is 0.390. The lowest BCUT2D eigenvalue weighted by atomic mass is 9.91. The second-order valence-electron chi connectivity index (χ2n) is 4.21. The highest BCUT2D eigenvalue weighted by Gasteiger charge is 2.57. The molecule has 0 unspecified atom stereocenters. The van der Waals surface area contributed by atoms with Crippen molar-refractivity contribution in [3.63, 3.8) is 0 Å². The molecule has 1 aromatic rings. The minimum Gasteiger partial charge on any atom is -0.284 e. The fourth-order valence-corrected chi connectivity index (χ4v) is 5.25. The Morgan fingerprint density at radius 1 is 1.00 bits per heavy atom. The van der Waals surface area contributed by atoms with E-state index in [4.69, 9.17) is 0 Å². The molecule has 0 bridgehead atoms. The molecule has 2 rings (SSSR count). The van der Waals surface area contributed by atoms with E-state index in [1.807, 2.05) is 0 Å². The summed E-state index contributed by atoms with van der Waals surface area (Å²) in [5.41, 5.74) is 0.431. The molecule has 1 aromatic carbocycles. The molecule has 0 aromatic heterocycles. The minimum atomic E-state index is -5.00. The van der Waals surface area contributed by atoms with Gasteiger partial charge in [-0.3, -0.25) is 9.11 Å². The van der Waals surface area contributed by atoms with Crippen LogP contribution in [-0.4, -0.2) is 25.9 Å². The van der Waals surface area contributed by atoms with Crippen molar-refractivity contribution in [1.82, 2.24) is 0 Å². The van der Waals surface area contributed by atoms with Gasteiger partial charge in [-0.1, -0.05) is 24.3 Å². The van der Waals surface area contributed by atoms with Crippen LogP contribution >= 0.6 is 0 Å². The molecule has 18 heavy (non-hydrogen) atoms. The van der Waals surface area contributed by atoms with Crippen molar-refractivity contribution in [3.05, 3.63) is 35.4 Å². The van der Waals surface area contributed by atoms with Crippen LogP contribution < -0.4 is 0 Å². The summed E-state index contributed by atoms with van der Waals surface area (Å²) in [6, 6.07) is 5.99. The highest BCUT2D eigenvalue weighted by Crippen LogP contribution is 2.44. The SMILES string of the molecule is O=S(=O)(O)C1(S(=O)(=O)O)CCCc2ccccc21. The van der Waals surface area contributed by atoms with E-state index < -0.39 is 24.3 Å². The molecule has 1 aliphatic carbocycles. The first kappa shape index (κ1) is 13.5. The third kappa shape index (κ3) is 1.76. The Morgan fingerprint density at radius 2 is 1.56 bits per heavy atom. The van der Waals surface area contributed by atoms with E-state index >= 15 is 0 Å². The molecule has 0 atom stereocenters. The van der Waals surface area contributed by atoms with Gasteiger partial charge in [0.05, 0.1) is 0 Å². The van der Waals surface area contributed by atoms with Crippen LogP contribution in [0, 0.1) is 0 Å². The first-order valence-corrected chi connectivity index (χ1v) is 8.10. The molecule has 0 aliphatic heterocycles. The average molecular weight is 292 g/mol. The summed E-state index contributed by atoms with van der Waals surface area (Å²) >= 11 is 0. The molecule has 8 heteroatoms. The minimum absolute atomic E-state index is 0.0683. The van der Waals surface area contributed by atoms with E-state index in [-0.39, 0.29) is 18.4 Å². The van der Waals surface area contributed by atoms with E-state index in [0.717, 1.165) is 0 Å². The van der Waals surface area contributed by atoms with Gasteiger partial charge in [0, 0.05) is 0 Å². The topological polar surface area (TPSA) is 109 Å². The Morgan fingerprint density at radius 3 is 2.11 bits per heavy atom. The molecular formula is C10H12O6S2. The predicted octanol–water partition coefficient (Wildman–Crippen LogP) is 0.951. The summed E-state index contributed by atoms with van der Waals surface area (Å²) in [4.78, 5) is 0. The van der Waals surface area contributed by atoms with Crippen LogP contribution in [0.1, 0.15) is 24.0 Å². The Balaban J connectivity index is 2.89. The molecule has 0 spiro atoms. The molecule has 0 saturated heterocycles. The van der Waals surface area contributed by atoms with Crippen LogP contribution in [0.25, 0.3) is 0 Å². The van der Waals surface area contributed by atoms with Crippen molar-refractivity contribution in [2.75, 3.05) is 0 Å². The van der Waals surface area contributed by atoms with Gasteiger partial charge in [-0.25, -0.2) is 0 Å². The monoisotopic (exact) mass is 292 g/mol.